The van der Waals surface area contributed by atoms with Crippen molar-refractivity contribution >= 4 is 11.8 Å². The van der Waals surface area contributed by atoms with Gasteiger partial charge in [0.25, 0.3) is 11.8 Å². The zero-order valence-electron chi connectivity index (χ0n) is 13.8. The molecule has 8 nitrogen and oxygen atoms in total. The van der Waals surface area contributed by atoms with E-state index >= 15 is 0 Å². The number of ether oxygens (including phenoxy) is 1. The predicted octanol–water partition coefficient (Wildman–Crippen LogP) is 0.0747. The van der Waals surface area contributed by atoms with Crippen molar-refractivity contribution < 1.29 is 19.4 Å². The van der Waals surface area contributed by atoms with Crippen LogP contribution in [0, 0.1) is 0 Å². The Kier molecular flexibility index (Phi) is 4.66. The van der Waals surface area contributed by atoms with Crippen molar-refractivity contribution in [2.45, 2.75) is 31.3 Å². The number of amides is 2. The summed E-state index contributed by atoms with van der Waals surface area (Å²) < 4.78 is 4.94. The number of methoxy groups -OCH3 is 1. The quantitative estimate of drug-likeness (QED) is 0.841. The van der Waals surface area contributed by atoms with E-state index in [4.69, 9.17) is 4.74 Å². The van der Waals surface area contributed by atoms with Crippen molar-refractivity contribution in [2.24, 2.45) is 0 Å². The van der Waals surface area contributed by atoms with Gasteiger partial charge in [-0.3, -0.25) is 9.59 Å². The van der Waals surface area contributed by atoms with E-state index in [2.05, 4.69) is 9.97 Å². The summed E-state index contributed by atoms with van der Waals surface area (Å²) >= 11 is 0. The van der Waals surface area contributed by atoms with Crippen molar-refractivity contribution in [1.29, 1.82) is 0 Å². The third kappa shape index (κ3) is 3.19. The van der Waals surface area contributed by atoms with E-state index in [0.717, 1.165) is 12.8 Å². The molecule has 1 aromatic rings. The van der Waals surface area contributed by atoms with Crippen molar-refractivity contribution in [3.05, 3.63) is 18.0 Å². The molecule has 0 saturated carbocycles. The molecule has 0 aromatic carbocycles. The Balaban J connectivity index is 1.74. The Morgan fingerprint density at radius 3 is 2.62 bits per heavy atom. The Hall–Kier alpha value is -2.22. The molecule has 0 spiro atoms. The van der Waals surface area contributed by atoms with Crippen LogP contribution in [0.25, 0.3) is 0 Å². The van der Waals surface area contributed by atoms with Crippen LogP contribution in [-0.2, 0) is 4.79 Å². The second-order valence-corrected chi connectivity index (χ2v) is 6.29. The van der Waals surface area contributed by atoms with Crippen LogP contribution >= 0.6 is 0 Å². The molecule has 0 aliphatic carbocycles. The van der Waals surface area contributed by atoms with Crippen LogP contribution in [0.2, 0.25) is 0 Å². The number of piperidine rings is 1. The monoisotopic (exact) mass is 334 g/mol. The minimum absolute atomic E-state index is 0.00646. The number of hydrogen-bond donors (Lipinski definition) is 1. The Labute approximate surface area is 140 Å². The number of nitrogens with zero attached hydrogens (tertiary/aromatic N) is 4. The molecule has 2 fully saturated rings. The van der Waals surface area contributed by atoms with E-state index < -0.39 is 5.60 Å². The highest BCUT2D eigenvalue weighted by molar-refractivity contribution is 5.93. The summed E-state index contributed by atoms with van der Waals surface area (Å²) in [6.45, 7) is 1.84. The second-order valence-electron chi connectivity index (χ2n) is 6.29. The van der Waals surface area contributed by atoms with Crippen LogP contribution in [0.1, 0.15) is 36.2 Å². The highest BCUT2D eigenvalue weighted by Gasteiger charge is 2.44. The molecule has 1 atom stereocenters. The first-order valence-corrected chi connectivity index (χ1v) is 8.21. The van der Waals surface area contributed by atoms with Gasteiger partial charge in [0.2, 0.25) is 0 Å². The number of aromatic nitrogens is 2. The van der Waals surface area contributed by atoms with Crippen LogP contribution in [-0.4, -0.2) is 75.6 Å². The number of hydrogen-bond acceptors (Lipinski definition) is 6. The van der Waals surface area contributed by atoms with Gasteiger partial charge in [0.1, 0.15) is 5.69 Å². The smallest absolute Gasteiger partial charge is 0.316 e. The molecule has 2 aliphatic heterocycles. The Morgan fingerprint density at radius 2 is 1.92 bits per heavy atom. The third-order valence-corrected chi connectivity index (χ3v) is 4.58. The van der Waals surface area contributed by atoms with E-state index in [-0.39, 0.29) is 30.1 Å². The highest BCUT2D eigenvalue weighted by atomic mass is 16.5. The lowest BCUT2D eigenvalue weighted by molar-refractivity contribution is -0.154. The van der Waals surface area contributed by atoms with Crippen molar-refractivity contribution in [2.75, 3.05) is 33.3 Å². The number of aliphatic hydroxyl groups is 1. The minimum atomic E-state index is -1.50. The lowest BCUT2D eigenvalue weighted by Gasteiger charge is -2.39. The fraction of sp³-hybridized carbons (Fsp3) is 0.625. The van der Waals surface area contributed by atoms with Crippen molar-refractivity contribution in [3.8, 4) is 6.01 Å². The van der Waals surface area contributed by atoms with Crippen LogP contribution in [0.5, 0.6) is 6.01 Å². The number of β-amino-alcohol motifs (C(OH)–C–C–N with tert-alkyl or cyclic N) is 1. The number of rotatable bonds is 3. The molecule has 3 rings (SSSR count). The summed E-state index contributed by atoms with van der Waals surface area (Å²) in [6.07, 6.45) is 4.32. The summed E-state index contributed by atoms with van der Waals surface area (Å²) in [7, 11) is 1.43. The first-order valence-electron chi connectivity index (χ1n) is 8.21. The van der Waals surface area contributed by atoms with Gasteiger partial charge in [0.05, 0.1) is 13.7 Å². The summed E-state index contributed by atoms with van der Waals surface area (Å²) in [4.78, 5) is 36.4. The first-order chi connectivity index (χ1) is 11.5. The number of likely N-dealkylation sites (tertiary alicyclic amines) is 2. The van der Waals surface area contributed by atoms with Crippen LogP contribution < -0.4 is 4.74 Å². The summed E-state index contributed by atoms with van der Waals surface area (Å²) in [5, 5.41) is 10.8. The molecule has 0 radical (unpaired) electrons. The Bertz CT molecular complexity index is 632. The maximum absolute atomic E-state index is 12.6. The van der Waals surface area contributed by atoms with Crippen molar-refractivity contribution in [3.63, 3.8) is 0 Å². The van der Waals surface area contributed by atoms with E-state index in [1.807, 2.05) is 0 Å². The lowest BCUT2D eigenvalue weighted by atomic mass is 9.91. The van der Waals surface area contributed by atoms with Gasteiger partial charge in [0, 0.05) is 25.8 Å². The molecule has 2 aliphatic rings. The zero-order chi connectivity index (χ0) is 17.2. The van der Waals surface area contributed by atoms with Gasteiger partial charge in [-0.2, -0.15) is 4.98 Å². The first kappa shape index (κ1) is 16.6. The average Bonchev–Trinajstić information content (AvgIpc) is 3.15. The molecule has 1 aromatic heterocycles. The van der Waals surface area contributed by atoms with Crippen LogP contribution in [0.15, 0.2) is 12.3 Å². The maximum Gasteiger partial charge on any atom is 0.316 e. The molecule has 3 heterocycles. The van der Waals surface area contributed by atoms with E-state index in [1.165, 1.54) is 24.3 Å². The minimum Gasteiger partial charge on any atom is -0.467 e. The summed E-state index contributed by atoms with van der Waals surface area (Å²) in [5.41, 5.74) is -1.31. The van der Waals surface area contributed by atoms with Crippen LogP contribution in [0.3, 0.4) is 0 Å². The van der Waals surface area contributed by atoms with Gasteiger partial charge in [-0.1, -0.05) is 0 Å². The topological polar surface area (TPSA) is 95.9 Å². The maximum atomic E-state index is 12.6. The Morgan fingerprint density at radius 1 is 1.21 bits per heavy atom. The molecule has 24 heavy (non-hydrogen) atoms. The SMILES string of the molecule is COc1nccc(C(=O)N2CCCC(O)(C(=O)N3CCCC3)C2)n1. The van der Waals surface area contributed by atoms with Gasteiger partial charge >= 0.3 is 6.01 Å². The van der Waals surface area contributed by atoms with Gasteiger partial charge in [-0.25, -0.2) is 4.98 Å². The van der Waals surface area contributed by atoms with Crippen LogP contribution in [0.4, 0.5) is 0 Å². The molecule has 2 saturated heterocycles. The van der Waals surface area contributed by atoms with E-state index in [0.29, 0.717) is 32.5 Å². The van der Waals surface area contributed by atoms with Gasteiger partial charge in [-0.15, -0.1) is 0 Å². The number of carbonyl (C=O) groups is 2. The average molecular weight is 334 g/mol. The second kappa shape index (κ2) is 6.72. The third-order valence-electron chi connectivity index (χ3n) is 4.58. The van der Waals surface area contributed by atoms with Gasteiger partial charge in [-0.05, 0) is 31.7 Å². The zero-order valence-corrected chi connectivity index (χ0v) is 13.8. The predicted molar refractivity (Wildman–Crippen MR) is 84.5 cm³/mol. The molecule has 130 valence electrons. The molecule has 2 amide bonds. The summed E-state index contributed by atoms with van der Waals surface area (Å²) in [6, 6.07) is 1.61. The van der Waals surface area contributed by atoms with E-state index in [9.17, 15) is 14.7 Å². The fourth-order valence-corrected chi connectivity index (χ4v) is 3.32. The molecule has 8 heteroatoms. The lowest BCUT2D eigenvalue weighted by Crippen LogP contribution is -2.58. The largest absolute Gasteiger partial charge is 0.467 e. The molecule has 1 N–H and O–H groups in total. The number of carbonyl (C=O) groups excluding carboxylic acids is 2. The molecule has 1 unspecified atom stereocenters. The van der Waals surface area contributed by atoms with E-state index in [1.54, 1.807) is 4.90 Å². The molecular formula is C16H22N4O4. The van der Waals surface area contributed by atoms with Crippen molar-refractivity contribution in [1.82, 2.24) is 19.8 Å². The normalized spacial score (nSPS) is 24.1. The fourth-order valence-electron chi connectivity index (χ4n) is 3.32. The summed E-state index contributed by atoms with van der Waals surface area (Å²) in [5.74, 6) is -0.596. The molecular weight excluding hydrogens is 312 g/mol. The van der Waals surface area contributed by atoms with Gasteiger partial charge in [0.15, 0.2) is 5.60 Å². The highest BCUT2D eigenvalue weighted by Crippen LogP contribution is 2.26. The molecule has 0 bridgehead atoms. The standard InChI is InChI=1S/C16H22N4O4/c1-24-15-17-7-5-12(18-15)13(21)20-10-4-6-16(23,11-20)14(22)19-8-2-3-9-19/h5,7,23H,2-4,6,8-11H2,1H3. The van der Waals surface area contributed by atoms with Gasteiger partial charge < -0.3 is 19.6 Å².